The number of rotatable bonds is 19. The molecule has 0 aliphatic rings. The molecule has 0 saturated heterocycles. The van der Waals surface area contributed by atoms with Crippen LogP contribution in [-0.2, 0) is 30.3 Å². The van der Waals surface area contributed by atoms with Gasteiger partial charge >= 0.3 is 6.09 Å². The van der Waals surface area contributed by atoms with Gasteiger partial charge in [-0.1, -0.05) is 69.3 Å². The molecule has 0 aliphatic heterocycles. The third-order valence-corrected chi connectivity index (χ3v) is 8.54. The Morgan fingerprint density at radius 1 is 0.804 bits per heavy atom. The number of nitrogens with one attached hydrogen (secondary N) is 4. The highest BCUT2D eigenvalue weighted by molar-refractivity contribution is 5.86. The number of nitrogens with zero attached hydrogens (tertiary/aromatic N) is 3. The summed E-state index contributed by atoms with van der Waals surface area (Å²) in [6.45, 7) is 8.04. The number of alkyl carbamates (subject to hydrolysis) is 1. The highest BCUT2D eigenvalue weighted by atomic mass is 16.5. The fourth-order valence-electron chi connectivity index (χ4n) is 5.69. The lowest BCUT2D eigenvalue weighted by molar-refractivity contribution is -0.132. The minimum atomic E-state index is -0.818. The third-order valence-electron chi connectivity index (χ3n) is 8.54. The molecule has 2 aromatic carbocycles. The van der Waals surface area contributed by atoms with Crippen molar-refractivity contribution >= 4 is 17.9 Å². The zero-order valence-electron chi connectivity index (χ0n) is 30.5. The maximum absolute atomic E-state index is 13.2. The van der Waals surface area contributed by atoms with Crippen LogP contribution in [0.25, 0.3) is 33.6 Å². The second-order valence-corrected chi connectivity index (χ2v) is 12.7. The van der Waals surface area contributed by atoms with Gasteiger partial charge in [0.15, 0.2) is 0 Å². The number of imidazole rings is 2. The van der Waals surface area contributed by atoms with E-state index in [4.69, 9.17) is 9.47 Å². The van der Waals surface area contributed by atoms with Crippen molar-refractivity contribution in [3.05, 3.63) is 72.6 Å². The summed E-state index contributed by atoms with van der Waals surface area (Å²) in [6, 6.07) is 15.2. The molecule has 0 bridgehead atoms. The van der Waals surface area contributed by atoms with Crippen LogP contribution in [0.15, 0.2) is 60.9 Å². The van der Waals surface area contributed by atoms with Gasteiger partial charge in [0.1, 0.15) is 17.7 Å². The van der Waals surface area contributed by atoms with Gasteiger partial charge < -0.3 is 39.7 Å². The average Bonchev–Trinajstić information content (AvgIpc) is 3.82. The predicted octanol–water partition coefficient (Wildman–Crippen LogP) is 5.87. The van der Waals surface area contributed by atoms with Crippen molar-refractivity contribution in [2.75, 3.05) is 41.1 Å². The van der Waals surface area contributed by atoms with Crippen molar-refractivity contribution in [2.24, 2.45) is 5.92 Å². The highest BCUT2D eigenvalue weighted by Gasteiger charge is 2.27. The molecular weight excluding hydrogens is 650 g/mol. The quantitative estimate of drug-likeness (QED) is 0.0882. The van der Waals surface area contributed by atoms with Gasteiger partial charge in [0.25, 0.3) is 0 Å². The van der Waals surface area contributed by atoms with Gasteiger partial charge in [0, 0.05) is 46.8 Å². The lowest BCUT2D eigenvalue weighted by atomic mass is 10.0. The van der Waals surface area contributed by atoms with Crippen molar-refractivity contribution in [1.82, 2.24) is 35.5 Å². The van der Waals surface area contributed by atoms with Crippen molar-refractivity contribution in [1.29, 1.82) is 0 Å². The minimum Gasteiger partial charge on any atom is -0.453 e. The molecule has 51 heavy (non-hydrogen) atoms. The zero-order chi connectivity index (χ0) is 36.8. The molecule has 0 aliphatic carbocycles. The van der Waals surface area contributed by atoms with Gasteiger partial charge in [-0.05, 0) is 41.0 Å². The molecule has 4 aromatic rings. The number of ether oxygens (including phenoxy) is 3. The Labute approximate surface area is 299 Å². The topological polar surface area (TPSA) is 164 Å². The summed E-state index contributed by atoms with van der Waals surface area (Å²) < 4.78 is 14.9. The molecule has 13 heteroatoms. The molecule has 4 N–H and O–H groups in total. The predicted molar refractivity (Wildman–Crippen MR) is 195 cm³/mol. The van der Waals surface area contributed by atoms with Gasteiger partial charge in [0.2, 0.25) is 11.8 Å². The molecule has 0 radical (unpaired) electrons. The Morgan fingerprint density at radius 3 is 1.96 bits per heavy atom. The van der Waals surface area contributed by atoms with Gasteiger partial charge in [-0.2, -0.15) is 0 Å². The van der Waals surface area contributed by atoms with Crippen LogP contribution in [0, 0.1) is 5.92 Å². The van der Waals surface area contributed by atoms with Crippen LogP contribution < -0.4 is 10.6 Å². The first-order valence-corrected chi connectivity index (χ1v) is 17.4. The highest BCUT2D eigenvalue weighted by Crippen LogP contribution is 2.28. The second-order valence-electron chi connectivity index (χ2n) is 12.7. The summed E-state index contributed by atoms with van der Waals surface area (Å²) in [5.74, 6) is 1.15. The first kappa shape index (κ1) is 38.8. The summed E-state index contributed by atoms with van der Waals surface area (Å²) in [5, 5.41) is 5.60. The largest absolute Gasteiger partial charge is 0.453 e. The van der Waals surface area contributed by atoms with Crippen LogP contribution in [-0.4, -0.2) is 89.9 Å². The molecule has 0 spiro atoms. The molecular formula is C38H51N7O6. The second kappa shape index (κ2) is 19.4. The normalized spacial score (nSPS) is 12.4. The Kier molecular flexibility index (Phi) is 14.8. The van der Waals surface area contributed by atoms with E-state index < -0.39 is 18.2 Å². The van der Waals surface area contributed by atoms with E-state index in [0.717, 1.165) is 45.9 Å². The Bertz CT molecular complexity index is 1680. The SMILES string of the molecule is CCCN(Cc1ncc(-c2ccc(-c3ccc(-c4cnc(C(NC(=O)C(CCOC)NC(=O)OC)C(C)C)[nH]4)cc3)cc2)[nH]1)C(=O)CCCOC. The Balaban J connectivity index is 1.40. The molecule has 2 heterocycles. The maximum Gasteiger partial charge on any atom is 0.407 e. The van der Waals surface area contributed by atoms with Crippen LogP contribution in [0.4, 0.5) is 4.79 Å². The van der Waals surface area contributed by atoms with Gasteiger partial charge in [0.05, 0.1) is 43.5 Å². The van der Waals surface area contributed by atoms with Crippen LogP contribution in [0.5, 0.6) is 0 Å². The van der Waals surface area contributed by atoms with Gasteiger partial charge in [-0.25, -0.2) is 14.8 Å². The lowest BCUT2D eigenvalue weighted by Crippen LogP contribution is -2.49. The number of hydrogen-bond donors (Lipinski definition) is 4. The van der Waals surface area contributed by atoms with E-state index in [0.29, 0.717) is 51.4 Å². The summed E-state index contributed by atoms with van der Waals surface area (Å²) in [7, 11) is 4.44. The first-order valence-electron chi connectivity index (χ1n) is 17.4. The van der Waals surface area contributed by atoms with Crippen molar-refractivity contribution in [3.8, 4) is 33.6 Å². The van der Waals surface area contributed by atoms with Gasteiger partial charge in [-0.3, -0.25) is 9.59 Å². The van der Waals surface area contributed by atoms with E-state index in [1.807, 2.05) is 37.1 Å². The molecule has 2 aromatic heterocycles. The van der Waals surface area contributed by atoms with E-state index in [-0.39, 0.29) is 17.7 Å². The third kappa shape index (κ3) is 11.0. The number of benzene rings is 2. The van der Waals surface area contributed by atoms with E-state index in [9.17, 15) is 14.4 Å². The van der Waals surface area contributed by atoms with E-state index >= 15 is 0 Å². The Hall–Kier alpha value is -5.01. The van der Waals surface area contributed by atoms with Crippen molar-refractivity contribution < 1.29 is 28.6 Å². The number of hydrogen-bond acceptors (Lipinski definition) is 8. The van der Waals surface area contributed by atoms with Crippen LogP contribution in [0.3, 0.4) is 0 Å². The standard InChI is InChI=1S/C38H51N7O6/c1-7-19-45(34(46)9-8-20-49-4)24-33-39-22-31(41-33)28-14-10-26(11-15-28)27-12-16-29(17-13-27)32-23-40-36(42-32)35(25(2)3)44-37(47)30(18-21-50-5)43-38(48)51-6/h10-17,22-23,25,30,35H,7-9,18-21,24H2,1-6H3,(H,39,41)(H,40,42)(H,43,48)(H,44,47). The maximum atomic E-state index is 13.2. The van der Waals surface area contributed by atoms with Gasteiger partial charge in [-0.15, -0.1) is 0 Å². The minimum absolute atomic E-state index is 0.0176. The molecule has 4 rings (SSSR count). The summed E-state index contributed by atoms with van der Waals surface area (Å²) >= 11 is 0. The summed E-state index contributed by atoms with van der Waals surface area (Å²) in [6.07, 6.45) is 5.21. The number of H-pyrrole nitrogens is 2. The average molecular weight is 702 g/mol. The van der Waals surface area contributed by atoms with Crippen molar-refractivity contribution in [2.45, 2.75) is 65.1 Å². The fourth-order valence-corrected chi connectivity index (χ4v) is 5.69. The fraction of sp³-hybridized carbons (Fsp3) is 0.447. The van der Waals surface area contributed by atoms with E-state index in [1.54, 1.807) is 13.3 Å². The number of aromatic nitrogens is 4. The Morgan fingerprint density at radius 2 is 1.39 bits per heavy atom. The zero-order valence-corrected chi connectivity index (χ0v) is 30.5. The molecule has 0 fully saturated rings. The lowest BCUT2D eigenvalue weighted by Gasteiger charge is -2.24. The molecule has 2 unspecified atom stereocenters. The van der Waals surface area contributed by atoms with E-state index in [2.05, 4.69) is 78.6 Å². The number of methoxy groups -OCH3 is 3. The molecule has 3 amide bonds. The van der Waals surface area contributed by atoms with Crippen LogP contribution in [0.1, 0.15) is 64.1 Å². The molecule has 274 valence electrons. The smallest absolute Gasteiger partial charge is 0.407 e. The number of aromatic amines is 2. The summed E-state index contributed by atoms with van der Waals surface area (Å²) in [5.41, 5.74) is 5.80. The first-order chi connectivity index (χ1) is 24.7. The number of amides is 3. The van der Waals surface area contributed by atoms with Crippen molar-refractivity contribution in [3.63, 3.8) is 0 Å². The van der Waals surface area contributed by atoms with Crippen LogP contribution in [0.2, 0.25) is 0 Å². The molecule has 13 nitrogen and oxygen atoms in total. The molecule has 0 saturated carbocycles. The number of carbonyl (C=O) groups excluding carboxylic acids is 3. The molecule has 2 atom stereocenters. The monoisotopic (exact) mass is 701 g/mol. The van der Waals surface area contributed by atoms with Crippen LogP contribution >= 0.6 is 0 Å². The summed E-state index contributed by atoms with van der Waals surface area (Å²) in [4.78, 5) is 55.5. The number of carbonyl (C=O) groups is 3. The van der Waals surface area contributed by atoms with E-state index in [1.165, 1.54) is 14.2 Å².